The fraction of sp³-hybridized carbons (Fsp3) is 0.0769. The average molecular weight is 281 g/mol. The molecule has 0 aliphatic heterocycles. The highest BCUT2D eigenvalue weighted by molar-refractivity contribution is 5.92. The van der Waals surface area contributed by atoms with Gasteiger partial charge in [0.05, 0.1) is 11.3 Å². The number of hydrazine groups is 1. The summed E-state index contributed by atoms with van der Waals surface area (Å²) in [4.78, 5) is 15.5. The van der Waals surface area contributed by atoms with Gasteiger partial charge in [-0.15, -0.1) is 0 Å². The van der Waals surface area contributed by atoms with Gasteiger partial charge in [0.1, 0.15) is 5.69 Å². The Hall–Kier alpha value is -2.57. The van der Waals surface area contributed by atoms with Crippen LogP contribution >= 0.6 is 0 Å². The Kier molecular flexibility index (Phi) is 3.88. The largest absolute Gasteiger partial charge is 0.416 e. The molecule has 0 unspecified atom stereocenters. The number of carbonyl (C=O) groups excluding carboxylic acids is 1. The van der Waals surface area contributed by atoms with Crippen LogP contribution in [0.3, 0.4) is 0 Å². The van der Waals surface area contributed by atoms with E-state index in [4.69, 9.17) is 0 Å². The summed E-state index contributed by atoms with van der Waals surface area (Å²) in [5.74, 6) is -0.539. The van der Waals surface area contributed by atoms with Crippen LogP contribution in [-0.4, -0.2) is 10.9 Å². The van der Waals surface area contributed by atoms with Crippen molar-refractivity contribution in [2.75, 3.05) is 5.43 Å². The number of benzene rings is 1. The quantitative estimate of drug-likeness (QED) is 0.851. The van der Waals surface area contributed by atoms with E-state index >= 15 is 0 Å². The van der Waals surface area contributed by atoms with Crippen molar-refractivity contribution in [2.24, 2.45) is 0 Å². The molecule has 1 heterocycles. The molecule has 1 amide bonds. The Morgan fingerprint density at radius 3 is 2.55 bits per heavy atom. The average Bonchev–Trinajstić information content (AvgIpc) is 2.45. The highest BCUT2D eigenvalue weighted by Crippen LogP contribution is 2.30. The minimum atomic E-state index is -4.43. The first-order valence-corrected chi connectivity index (χ1v) is 5.61. The second-order valence-corrected chi connectivity index (χ2v) is 3.87. The molecule has 0 spiro atoms. The Labute approximate surface area is 112 Å². The summed E-state index contributed by atoms with van der Waals surface area (Å²) in [6.07, 6.45) is -2.98. The lowest BCUT2D eigenvalue weighted by Gasteiger charge is -2.11. The number of carbonyl (C=O) groups is 1. The summed E-state index contributed by atoms with van der Waals surface area (Å²) < 4.78 is 37.5. The molecule has 1 aromatic heterocycles. The van der Waals surface area contributed by atoms with Crippen LogP contribution in [0.25, 0.3) is 0 Å². The van der Waals surface area contributed by atoms with E-state index in [1.54, 1.807) is 12.1 Å². The van der Waals surface area contributed by atoms with E-state index in [2.05, 4.69) is 15.8 Å². The van der Waals surface area contributed by atoms with Crippen molar-refractivity contribution in [3.63, 3.8) is 0 Å². The number of nitrogens with zero attached hydrogens (tertiary/aromatic N) is 1. The minimum Gasteiger partial charge on any atom is -0.298 e. The zero-order valence-corrected chi connectivity index (χ0v) is 10.1. The van der Waals surface area contributed by atoms with Crippen LogP contribution in [0.4, 0.5) is 18.9 Å². The van der Waals surface area contributed by atoms with Crippen molar-refractivity contribution in [2.45, 2.75) is 6.18 Å². The summed E-state index contributed by atoms with van der Waals surface area (Å²) in [6.45, 7) is 0. The molecular weight excluding hydrogens is 271 g/mol. The molecule has 1 aromatic carbocycles. The molecule has 0 radical (unpaired) electrons. The molecule has 0 saturated heterocycles. The van der Waals surface area contributed by atoms with E-state index in [9.17, 15) is 18.0 Å². The Balaban J connectivity index is 2.03. The number of amides is 1. The van der Waals surface area contributed by atoms with Crippen molar-refractivity contribution in [3.05, 3.63) is 59.9 Å². The van der Waals surface area contributed by atoms with E-state index in [1.807, 2.05) is 0 Å². The Morgan fingerprint density at radius 2 is 1.90 bits per heavy atom. The van der Waals surface area contributed by atoms with E-state index in [-0.39, 0.29) is 11.4 Å². The molecule has 2 N–H and O–H groups in total. The molecule has 0 aliphatic carbocycles. The first-order chi connectivity index (χ1) is 9.47. The predicted molar refractivity (Wildman–Crippen MR) is 66.8 cm³/mol. The van der Waals surface area contributed by atoms with Gasteiger partial charge in [-0.2, -0.15) is 13.2 Å². The van der Waals surface area contributed by atoms with Crippen molar-refractivity contribution >= 4 is 11.6 Å². The first-order valence-electron chi connectivity index (χ1n) is 5.61. The Morgan fingerprint density at radius 1 is 1.10 bits per heavy atom. The summed E-state index contributed by atoms with van der Waals surface area (Å²) in [7, 11) is 0. The van der Waals surface area contributed by atoms with Crippen molar-refractivity contribution in [1.29, 1.82) is 0 Å². The van der Waals surface area contributed by atoms with Crippen molar-refractivity contribution in [3.8, 4) is 0 Å². The number of alkyl halides is 3. The third-order valence-electron chi connectivity index (χ3n) is 2.41. The van der Waals surface area contributed by atoms with Crippen LogP contribution in [0.1, 0.15) is 16.1 Å². The maximum absolute atomic E-state index is 12.5. The number of hydrogen-bond donors (Lipinski definition) is 2. The summed E-state index contributed by atoms with van der Waals surface area (Å²) in [5.41, 5.74) is 4.18. The monoisotopic (exact) mass is 281 g/mol. The maximum Gasteiger partial charge on any atom is 0.416 e. The number of halogens is 3. The lowest BCUT2D eigenvalue weighted by atomic mass is 10.2. The van der Waals surface area contributed by atoms with E-state index in [1.165, 1.54) is 24.4 Å². The molecule has 20 heavy (non-hydrogen) atoms. The highest BCUT2D eigenvalue weighted by atomic mass is 19.4. The van der Waals surface area contributed by atoms with Crippen LogP contribution in [-0.2, 0) is 6.18 Å². The summed E-state index contributed by atoms with van der Waals surface area (Å²) in [6, 6.07) is 9.28. The second kappa shape index (κ2) is 5.60. The number of hydrogen-bond acceptors (Lipinski definition) is 3. The van der Waals surface area contributed by atoms with E-state index in [0.717, 1.165) is 12.1 Å². The summed E-state index contributed by atoms with van der Waals surface area (Å²) >= 11 is 0. The summed E-state index contributed by atoms with van der Waals surface area (Å²) in [5, 5.41) is 0. The smallest absolute Gasteiger partial charge is 0.298 e. The molecule has 2 rings (SSSR count). The molecule has 0 bridgehead atoms. The lowest BCUT2D eigenvalue weighted by molar-refractivity contribution is -0.137. The standard InChI is InChI=1S/C13H10F3N3O/c14-13(15,16)9-4-3-5-10(8-9)18-19-12(20)11-6-1-2-7-17-11/h1-8,18H,(H,19,20). The number of aromatic nitrogens is 1. The minimum absolute atomic E-state index is 0.129. The van der Waals surface area contributed by atoms with Crippen LogP contribution in [0.5, 0.6) is 0 Å². The zero-order valence-electron chi connectivity index (χ0n) is 10.1. The van der Waals surface area contributed by atoms with Crippen LogP contribution < -0.4 is 10.9 Å². The number of pyridine rings is 1. The topological polar surface area (TPSA) is 54.0 Å². The van der Waals surface area contributed by atoms with E-state index < -0.39 is 17.6 Å². The van der Waals surface area contributed by atoms with Crippen molar-refractivity contribution in [1.82, 2.24) is 10.4 Å². The van der Waals surface area contributed by atoms with Gasteiger partial charge in [0.25, 0.3) is 5.91 Å². The SMILES string of the molecule is O=C(NNc1cccc(C(F)(F)F)c1)c1ccccn1. The van der Waals surface area contributed by atoms with Gasteiger partial charge in [0, 0.05) is 6.20 Å². The van der Waals surface area contributed by atoms with Gasteiger partial charge in [-0.05, 0) is 30.3 Å². The van der Waals surface area contributed by atoms with Crippen molar-refractivity contribution < 1.29 is 18.0 Å². The van der Waals surface area contributed by atoms with E-state index in [0.29, 0.717) is 0 Å². The van der Waals surface area contributed by atoms with Gasteiger partial charge < -0.3 is 0 Å². The van der Waals surface area contributed by atoms with Gasteiger partial charge in [-0.1, -0.05) is 12.1 Å². The lowest BCUT2D eigenvalue weighted by Crippen LogP contribution is -2.30. The maximum atomic E-state index is 12.5. The predicted octanol–water partition coefficient (Wildman–Crippen LogP) is 2.86. The molecular formula is C13H10F3N3O. The third-order valence-corrected chi connectivity index (χ3v) is 2.41. The fourth-order valence-corrected chi connectivity index (χ4v) is 1.46. The third kappa shape index (κ3) is 3.47. The molecule has 0 fully saturated rings. The van der Waals surface area contributed by atoms with Gasteiger partial charge in [-0.3, -0.25) is 20.6 Å². The highest BCUT2D eigenvalue weighted by Gasteiger charge is 2.30. The number of anilines is 1. The van der Waals surface area contributed by atoms with Gasteiger partial charge in [0.15, 0.2) is 0 Å². The molecule has 0 atom stereocenters. The zero-order chi connectivity index (χ0) is 14.6. The van der Waals surface area contributed by atoms with Gasteiger partial charge in [-0.25, -0.2) is 0 Å². The van der Waals surface area contributed by atoms with Crippen LogP contribution in [0, 0.1) is 0 Å². The second-order valence-electron chi connectivity index (χ2n) is 3.87. The molecule has 7 heteroatoms. The normalized spacial score (nSPS) is 10.9. The fourth-order valence-electron chi connectivity index (χ4n) is 1.46. The first kappa shape index (κ1) is 13.9. The molecule has 0 saturated carbocycles. The van der Waals surface area contributed by atoms with Gasteiger partial charge in [0.2, 0.25) is 0 Å². The molecule has 0 aliphatic rings. The Bertz CT molecular complexity index is 599. The molecule has 2 aromatic rings. The van der Waals surface area contributed by atoms with Gasteiger partial charge >= 0.3 is 6.18 Å². The molecule has 104 valence electrons. The number of rotatable bonds is 3. The van der Waals surface area contributed by atoms with Crippen LogP contribution in [0.2, 0.25) is 0 Å². The van der Waals surface area contributed by atoms with Crippen LogP contribution in [0.15, 0.2) is 48.7 Å². The number of nitrogens with one attached hydrogen (secondary N) is 2. The molecule has 4 nitrogen and oxygen atoms in total.